The second-order valence-corrected chi connectivity index (χ2v) is 11.0. The number of hydroxylamine groups is 2. The molecule has 5 rings (SSSR count). The second-order valence-electron chi connectivity index (χ2n) is 7.59. The normalized spacial score (nSPS) is 18.5. The fraction of sp³-hybridized carbons (Fsp3) is 0.368. The third-order valence-electron chi connectivity index (χ3n) is 5.60. The van der Waals surface area contributed by atoms with Crippen molar-refractivity contribution in [2.24, 2.45) is 0 Å². The number of sulfonamides is 1. The lowest BCUT2D eigenvalue weighted by atomic mass is 10.2. The molecule has 0 atom stereocenters. The van der Waals surface area contributed by atoms with E-state index >= 15 is 0 Å². The Bertz CT molecular complexity index is 1260. The van der Waals surface area contributed by atoms with E-state index < -0.39 is 10.0 Å². The molecular formula is C19H20ClN5O4S2. The van der Waals surface area contributed by atoms with E-state index in [1.54, 1.807) is 29.2 Å². The lowest BCUT2D eigenvalue weighted by Crippen LogP contribution is -2.50. The van der Waals surface area contributed by atoms with E-state index in [9.17, 15) is 18.4 Å². The highest BCUT2D eigenvalue weighted by Crippen LogP contribution is 2.27. The molecule has 1 amide bonds. The Hall–Kier alpha value is -2.02. The first-order chi connectivity index (χ1) is 14.8. The lowest BCUT2D eigenvalue weighted by Gasteiger charge is -2.33. The van der Waals surface area contributed by atoms with Gasteiger partial charge in [0, 0.05) is 59.9 Å². The molecule has 2 aliphatic rings. The Kier molecular flexibility index (Phi) is 5.27. The minimum atomic E-state index is -3.71. The minimum Gasteiger partial charge on any atom is -0.345 e. The summed E-state index contributed by atoms with van der Waals surface area (Å²) in [6, 6.07) is 6.75. The van der Waals surface area contributed by atoms with Crippen molar-refractivity contribution in [1.29, 1.82) is 0 Å². The molecule has 2 aliphatic heterocycles. The monoisotopic (exact) mass is 481 g/mol. The zero-order chi connectivity index (χ0) is 21.8. The second kappa shape index (κ2) is 7.84. The van der Waals surface area contributed by atoms with E-state index in [1.165, 1.54) is 20.7 Å². The highest BCUT2D eigenvalue weighted by molar-refractivity contribution is 7.89. The Morgan fingerprint density at radius 1 is 1.16 bits per heavy atom. The van der Waals surface area contributed by atoms with Gasteiger partial charge in [-0.05, 0) is 24.3 Å². The number of halogens is 1. The van der Waals surface area contributed by atoms with Crippen LogP contribution in [-0.4, -0.2) is 76.5 Å². The number of carbonyl (C=O) groups is 1. The number of aromatic amines is 1. The van der Waals surface area contributed by atoms with Crippen LogP contribution in [0.3, 0.4) is 0 Å². The van der Waals surface area contributed by atoms with Crippen molar-refractivity contribution in [3.05, 3.63) is 44.9 Å². The summed E-state index contributed by atoms with van der Waals surface area (Å²) in [6.07, 6.45) is 0.608. The summed E-state index contributed by atoms with van der Waals surface area (Å²) in [6.45, 7) is 1.88. The zero-order valence-corrected chi connectivity index (χ0v) is 18.8. The number of rotatable bonds is 3. The predicted octanol–water partition coefficient (Wildman–Crippen LogP) is 2.17. The molecule has 12 heteroatoms. The van der Waals surface area contributed by atoms with Crippen LogP contribution in [0, 0.1) is 0 Å². The van der Waals surface area contributed by atoms with Gasteiger partial charge in [0.15, 0.2) is 5.01 Å². The Morgan fingerprint density at radius 3 is 2.71 bits per heavy atom. The zero-order valence-electron chi connectivity index (χ0n) is 16.4. The summed E-state index contributed by atoms with van der Waals surface area (Å²) in [5, 5.41) is 12.7. The standard InChI is InChI=1S/C19H20ClN5O4S2/c20-13-1-2-14-12(9-13)10-17(21-14)31(28,29)25-7-5-23(6-8-25)19(26)18-22-15-3-4-24(27)11-16(15)30-18/h1-2,9-10,21,27H,3-8,11H2. The Labute approximate surface area is 187 Å². The molecule has 1 aromatic carbocycles. The fourth-order valence-electron chi connectivity index (χ4n) is 3.90. The Morgan fingerprint density at radius 2 is 1.94 bits per heavy atom. The van der Waals surface area contributed by atoms with Gasteiger partial charge >= 0.3 is 0 Å². The quantitative estimate of drug-likeness (QED) is 0.593. The predicted molar refractivity (Wildman–Crippen MR) is 116 cm³/mol. The summed E-state index contributed by atoms with van der Waals surface area (Å²) in [5.74, 6) is -0.193. The molecule has 1 saturated heterocycles. The van der Waals surface area contributed by atoms with E-state index in [1.807, 2.05) is 0 Å². The van der Waals surface area contributed by atoms with Crippen molar-refractivity contribution >= 4 is 49.8 Å². The van der Waals surface area contributed by atoms with Gasteiger partial charge < -0.3 is 15.1 Å². The third-order valence-corrected chi connectivity index (χ3v) is 8.72. The van der Waals surface area contributed by atoms with Gasteiger partial charge in [0.25, 0.3) is 15.9 Å². The first-order valence-corrected chi connectivity index (χ1v) is 12.4. The first kappa shape index (κ1) is 20.9. The van der Waals surface area contributed by atoms with Gasteiger partial charge in [-0.2, -0.15) is 9.37 Å². The number of nitrogens with zero attached hydrogens (tertiary/aromatic N) is 4. The molecule has 1 fully saturated rings. The number of benzene rings is 1. The van der Waals surface area contributed by atoms with Crippen LogP contribution in [0.2, 0.25) is 5.02 Å². The SMILES string of the molecule is O=C(c1nc2c(s1)CN(O)CC2)N1CCN(S(=O)(=O)c2cc3cc(Cl)ccc3[nH]2)CC1. The maximum Gasteiger partial charge on any atom is 0.282 e. The van der Waals surface area contributed by atoms with Crippen molar-refractivity contribution in [3.63, 3.8) is 0 Å². The molecule has 0 radical (unpaired) electrons. The number of nitrogens with one attached hydrogen (secondary N) is 1. The number of aromatic nitrogens is 2. The highest BCUT2D eigenvalue weighted by Gasteiger charge is 2.33. The van der Waals surface area contributed by atoms with Gasteiger partial charge in [0.05, 0.1) is 12.2 Å². The maximum absolute atomic E-state index is 13.1. The van der Waals surface area contributed by atoms with Gasteiger partial charge in [0.2, 0.25) is 0 Å². The number of carbonyl (C=O) groups excluding carboxylic acids is 1. The van der Waals surface area contributed by atoms with Crippen molar-refractivity contribution in [1.82, 2.24) is 24.2 Å². The van der Waals surface area contributed by atoms with Crippen LogP contribution in [0.1, 0.15) is 20.4 Å². The maximum atomic E-state index is 13.1. The number of fused-ring (bicyclic) bond motifs is 2. The minimum absolute atomic E-state index is 0.116. The van der Waals surface area contributed by atoms with E-state index in [-0.39, 0.29) is 24.0 Å². The van der Waals surface area contributed by atoms with Crippen molar-refractivity contribution in [2.45, 2.75) is 18.0 Å². The molecule has 0 saturated carbocycles. The molecule has 0 aliphatic carbocycles. The largest absolute Gasteiger partial charge is 0.345 e. The molecule has 0 unspecified atom stereocenters. The van der Waals surface area contributed by atoms with Gasteiger partial charge in [-0.25, -0.2) is 13.4 Å². The molecule has 4 heterocycles. The number of hydrogen-bond acceptors (Lipinski definition) is 7. The van der Waals surface area contributed by atoms with E-state index in [4.69, 9.17) is 11.6 Å². The van der Waals surface area contributed by atoms with Gasteiger partial charge in [-0.3, -0.25) is 4.79 Å². The van der Waals surface area contributed by atoms with Crippen LogP contribution in [0.5, 0.6) is 0 Å². The summed E-state index contributed by atoms with van der Waals surface area (Å²) < 4.78 is 27.5. The van der Waals surface area contributed by atoms with E-state index in [2.05, 4.69) is 9.97 Å². The van der Waals surface area contributed by atoms with Crippen LogP contribution in [0.15, 0.2) is 29.3 Å². The Balaban J connectivity index is 1.28. The molecule has 2 N–H and O–H groups in total. The van der Waals surface area contributed by atoms with Crippen LogP contribution in [0.25, 0.3) is 10.9 Å². The average Bonchev–Trinajstić information content (AvgIpc) is 3.37. The summed E-state index contributed by atoms with van der Waals surface area (Å²) in [7, 11) is -3.71. The molecule has 3 aromatic rings. The highest BCUT2D eigenvalue weighted by atomic mass is 35.5. The topological polar surface area (TPSA) is 110 Å². The van der Waals surface area contributed by atoms with Gasteiger partial charge in [-0.15, -0.1) is 11.3 Å². The third kappa shape index (κ3) is 3.86. The number of amides is 1. The molecule has 9 nitrogen and oxygen atoms in total. The molecule has 164 valence electrons. The number of thiazole rings is 1. The van der Waals surface area contributed by atoms with Gasteiger partial charge in [0.1, 0.15) is 5.03 Å². The van der Waals surface area contributed by atoms with Crippen LogP contribution >= 0.6 is 22.9 Å². The summed E-state index contributed by atoms with van der Waals surface area (Å²) in [4.78, 5) is 22.8. The van der Waals surface area contributed by atoms with Crippen molar-refractivity contribution in [3.8, 4) is 0 Å². The molecule has 31 heavy (non-hydrogen) atoms. The number of piperazine rings is 1. The van der Waals surface area contributed by atoms with Crippen LogP contribution in [0.4, 0.5) is 0 Å². The molecular weight excluding hydrogens is 462 g/mol. The van der Waals surface area contributed by atoms with Crippen molar-refractivity contribution < 1.29 is 18.4 Å². The average molecular weight is 482 g/mol. The molecule has 0 spiro atoms. The summed E-state index contributed by atoms with van der Waals surface area (Å²) in [5.41, 5.74) is 1.56. The van der Waals surface area contributed by atoms with E-state index in [0.29, 0.717) is 48.1 Å². The van der Waals surface area contributed by atoms with E-state index in [0.717, 1.165) is 16.0 Å². The lowest BCUT2D eigenvalue weighted by molar-refractivity contribution is -0.102. The number of hydrogen-bond donors (Lipinski definition) is 2. The van der Waals surface area contributed by atoms with Crippen LogP contribution < -0.4 is 0 Å². The van der Waals surface area contributed by atoms with Crippen molar-refractivity contribution in [2.75, 3.05) is 32.7 Å². The fourth-order valence-corrected chi connectivity index (χ4v) is 6.60. The van der Waals surface area contributed by atoms with Crippen LogP contribution in [-0.2, 0) is 23.0 Å². The van der Waals surface area contributed by atoms with Gasteiger partial charge in [-0.1, -0.05) is 11.6 Å². The molecule has 0 bridgehead atoms. The first-order valence-electron chi connectivity index (χ1n) is 9.81. The smallest absolute Gasteiger partial charge is 0.282 e. The number of H-pyrrole nitrogens is 1. The molecule has 2 aromatic heterocycles. The summed E-state index contributed by atoms with van der Waals surface area (Å²) >= 11 is 7.29.